The maximum atomic E-state index is 11.6. The summed E-state index contributed by atoms with van der Waals surface area (Å²) in [6.45, 7) is 6.16. The van der Waals surface area contributed by atoms with Crippen LogP contribution in [-0.2, 0) is 4.79 Å². The first kappa shape index (κ1) is 15.4. The molecule has 0 radical (unpaired) electrons. The molecule has 0 bridgehead atoms. The molecule has 0 unspecified atom stereocenters. The van der Waals surface area contributed by atoms with Gasteiger partial charge in [-0.05, 0) is 32.4 Å². The molecule has 106 valence electrons. The predicted molar refractivity (Wildman–Crippen MR) is 72.6 cm³/mol. The summed E-state index contributed by atoms with van der Waals surface area (Å²) in [6.07, 6.45) is 0. The van der Waals surface area contributed by atoms with Crippen molar-refractivity contribution in [2.24, 2.45) is 0 Å². The van der Waals surface area contributed by atoms with Crippen molar-refractivity contribution in [3.63, 3.8) is 0 Å². The van der Waals surface area contributed by atoms with E-state index >= 15 is 0 Å². The first-order valence-corrected chi connectivity index (χ1v) is 6.35. The van der Waals surface area contributed by atoms with Gasteiger partial charge in [-0.25, -0.2) is 0 Å². The molecular weight excluding hydrogens is 270 g/mol. The molecule has 8 heteroatoms. The third-order valence-electron chi connectivity index (χ3n) is 2.02. The summed E-state index contributed by atoms with van der Waals surface area (Å²) in [7, 11) is 1.70. The number of hydrogen-bond donors (Lipinski definition) is 1. The Bertz CT molecular complexity index is 441. The van der Waals surface area contributed by atoms with Gasteiger partial charge >= 0.3 is 6.01 Å². The van der Waals surface area contributed by atoms with E-state index in [4.69, 9.17) is 16.3 Å². The highest BCUT2D eigenvalue weighted by atomic mass is 35.5. The largest absolute Gasteiger partial charge is 0.464 e. The summed E-state index contributed by atoms with van der Waals surface area (Å²) in [6, 6.07) is 0.232. The van der Waals surface area contributed by atoms with E-state index in [9.17, 15) is 4.79 Å². The second-order valence-corrected chi connectivity index (χ2v) is 4.54. The first-order chi connectivity index (χ1) is 8.92. The number of ether oxygens (including phenoxy) is 1. The lowest BCUT2D eigenvalue weighted by Crippen LogP contribution is -2.39. The van der Waals surface area contributed by atoms with Gasteiger partial charge in [0.25, 0.3) is 0 Å². The third kappa shape index (κ3) is 5.25. The topological polar surface area (TPSA) is 80.2 Å². The summed E-state index contributed by atoms with van der Waals surface area (Å²) < 4.78 is 5.17. The minimum absolute atomic E-state index is 0.0320. The number of rotatable bonds is 6. The summed E-state index contributed by atoms with van der Waals surface area (Å²) in [5.74, 6) is 0.175. The van der Waals surface area contributed by atoms with Crippen LogP contribution in [0.4, 0.5) is 5.95 Å². The van der Waals surface area contributed by atoms with Crippen LogP contribution >= 0.6 is 11.6 Å². The van der Waals surface area contributed by atoms with E-state index < -0.39 is 0 Å². The Labute approximate surface area is 117 Å². The molecule has 1 heterocycles. The number of anilines is 1. The average molecular weight is 288 g/mol. The zero-order valence-corrected chi connectivity index (χ0v) is 12.2. The van der Waals surface area contributed by atoms with Gasteiger partial charge in [0, 0.05) is 13.1 Å². The van der Waals surface area contributed by atoms with Crippen LogP contribution in [0.5, 0.6) is 6.01 Å². The average Bonchev–Trinajstić information content (AvgIpc) is 2.27. The van der Waals surface area contributed by atoms with Crippen molar-refractivity contribution in [1.29, 1.82) is 0 Å². The van der Waals surface area contributed by atoms with E-state index in [1.165, 1.54) is 0 Å². The number of hydrogen-bond acceptors (Lipinski definition) is 6. The number of nitrogens with zero attached hydrogens (tertiary/aromatic N) is 4. The third-order valence-corrected chi connectivity index (χ3v) is 2.19. The summed E-state index contributed by atoms with van der Waals surface area (Å²) >= 11 is 5.78. The molecule has 0 atom stereocenters. The van der Waals surface area contributed by atoms with Gasteiger partial charge in [0.2, 0.25) is 17.1 Å². The van der Waals surface area contributed by atoms with Gasteiger partial charge in [-0.15, -0.1) is 0 Å². The number of halogens is 1. The highest BCUT2D eigenvalue weighted by molar-refractivity contribution is 6.28. The van der Waals surface area contributed by atoms with Crippen LogP contribution in [-0.4, -0.2) is 47.1 Å². The molecule has 0 aliphatic carbocycles. The van der Waals surface area contributed by atoms with Crippen LogP contribution in [0.3, 0.4) is 0 Å². The molecule has 1 aromatic heterocycles. The number of aromatic nitrogens is 3. The van der Waals surface area contributed by atoms with Crippen LogP contribution in [0.2, 0.25) is 5.28 Å². The molecular formula is C11H18ClN5O2. The molecule has 19 heavy (non-hydrogen) atoms. The summed E-state index contributed by atoms with van der Waals surface area (Å²) in [4.78, 5) is 25.1. The molecule has 0 saturated heterocycles. The summed E-state index contributed by atoms with van der Waals surface area (Å²) in [5, 5.41) is 2.81. The molecule has 0 fully saturated rings. The second-order valence-electron chi connectivity index (χ2n) is 4.20. The lowest BCUT2D eigenvalue weighted by atomic mass is 10.4. The lowest BCUT2D eigenvalue weighted by molar-refractivity contribution is -0.120. The van der Waals surface area contributed by atoms with E-state index in [1.54, 1.807) is 11.9 Å². The quantitative estimate of drug-likeness (QED) is 0.837. The number of carbonyl (C=O) groups excluding carboxylic acids is 1. The highest BCUT2D eigenvalue weighted by Gasteiger charge is 2.13. The molecule has 7 nitrogen and oxygen atoms in total. The van der Waals surface area contributed by atoms with Gasteiger partial charge < -0.3 is 15.0 Å². The fourth-order valence-electron chi connectivity index (χ4n) is 1.34. The minimum atomic E-state index is -0.119. The molecule has 0 aliphatic heterocycles. The lowest BCUT2D eigenvalue weighted by Gasteiger charge is -2.17. The monoisotopic (exact) mass is 287 g/mol. The number of nitrogens with one attached hydrogen (secondary N) is 1. The molecule has 0 aromatic carbocycles. The van der Waals surface area contributed by atoms with E-state index in [0.29, 0.717) is 12.6 Å². The van der Waals surface area contributed by atoms with Crippen LogP contribution in [0, 0.1) is 0 Å². The van der Waals surface area contributed by atoms with E-state index in [1.807, 2.05) is 20.8 Å². The fourth-order valence-corrected chi connectivity index (χ4v) is 1.49. The maximum absolute atomic E-state index is 11.6. The minimum Gasteiger partial charge on any atom is -0.464 e. The van der Waals surface area contributed by atoms with Crippen LogP contribution in [0.15, 0.2) is 0 Å². The SMILES string of the molecule is CCOc1nc(Cl)nc(N(C)CC(=O)NC(C)C)n1. The van der Waals surface area contributed by atoms with E-state index in [0.717, 1.165) is 0 Å². The van der Waals surface area contributed by atoms with E-state index in [2.05, 4.69) is 20.3 Å². The van der Waals surface area contributed by atoms with Crippen molar-refractivity contribution >= 4 is 23.5 Å². The standard InChI is InChI=1S/C11H18ClN5O2/c1-5-19-11-15-9(12)14-10(16-11)17(4)6-8(18)13-7(2)3/h7H,5-6H2,1-4H3,(H,13,18). The Morgan fingerprint density at radius 2 is 2.11 bits per heavy atom. The van der Waals surface area contributed by atoms with Crippen molar-refractivity contribution in [1.82, 2.24) is 20.3 Å². The Kier molecular flexibility index (Phi) is 5.75. The molecule has 1 amide bonds. The molecule has 1 rings (SSSR count). The number of carbonyl (C=O) groups is 1. The number of likely N-dealkylation sites (N-methyl/N-ethyl adjacent to an activating group) is 1. The van der Waals surface area contributed by atoms with Crippen molar-refractivity contribution in [2.75, 3.05) is 25.1 Å². The smallest absolute Gasteiger partial charge is 0.322 e. The second kappa shape index (κ2) is 7.08. The Balaban J connectivity index is 2.75. The fraction of sp³-hybridized carbons (Fsp3) is 0.636. The Morgan fingerprint density at radius 3 is 2.68 bits per heavy atom. The zero-order chi connectivity index (χ0) is 14.4. The van der Waals surface area contributed by atoms with Crippen molar-refractivity contribution in [3.05, 3.63) is 5.28 Å². The van der Waals surface area contributed by atoms with Crippen LogP contribution in [0.1, 0.15) is 20.8 Å². The molecule has 0 spiro atoms. The normalized spacial score (nSPS) is 10.4. The van der Waals surface area contributed by atoms with Crippen molar-refractivity contribution in [3.8, 4) is 6.01 Å². The molecule has 0 aliphatic rings. The maximum Gasteiger partial charge on any atom is 0.322 e. The van der Waals surface area contributed by atoms with Gasteiger partial charge in [-0.3, -0.25) is 4.79 Å². The van der Waals surface area contributed by atoms with Gasteiger partial charge in [-0.2, -0.15) is 15.0 Å². The summed E-state index contributed by atoms with van der Waals surface area (Å²) in [5.41, 5.74) is 0. The van der Waals surface area contributed by atoms with E-state index in [-0.39, 0.29) is 29.8 Å². The molecule has 1 aromatic rings. The van der Waals surface area contributed by atoms with Crippen LogP contribution in [0.25, 0.3) is 0 Å². The van der Waals surface area contributed by atoms with Gasteiger partial charge in [-0.1, -0.05) is 0 Å². The van der Waals surface area contributed by atoms with Crippen molar-refractivity contribution < 1.29 is 9.53 Å². The highest BCUT2D eigenvalue weighted by Crippen LogP contribution is 2.13. The van der Waals surface area contributed by atoms with Gasteiger partial charge in [0.1, 0.15) is 0 Å². The predicted octanol–water partition coefficient (Wildman–Crippen LogP) is 0.884. The molecule has 1 N–H and O–H groups in total. The van der Waals surface area contributed by atoms with Gasteiger partial charge in [0.05, 0.1) is 13.2 Å². The zero-order valence-electron chi connectivity index (χ0n) is 11.5. The Hall–Kier alpha value is -1.63. The number of amides is 1. The Morgan fingerprint density at radius 1 is 1.42 bits per heavy atom. The molecule has 0 saturated carbocycles. The van der Waals surface area contributed by atoms with Crippen molar-refractivity contribution in [2.45, 2.75) is 26.8 Å². The van der Waals surface area contributed by atoms with Gasteiger partial charge in [0.15, 0.2) is 0 Å². The van der Waals surface area contributed by atoms with Crippen LogP contribution < -0.4 is 15.0 Å². The first-order valence-electron chi connectivity index (χ1n) is 5.97.